The molecule has 0 saturated heterocycles. The first kappa shape index (κ1) is 23.9. The zero-order valence-electron chi connectivity index (χ0n) is 12.3. The SMILES string of the molecule is O=C(O)CS.[CH2-]CCCCCCCCCCC.[Na+]. The van der Waals surface area contributed by atoms with Gasteiger partial charge in [0.1, 0.15) is 0 Å². The van der Waals surface area contributed by atoms with Crippen molar-refractivity contribution in [2.24, 2.45) is 0 Å². The van der Waals surface area contributed by atoms with Gasteiger partial charge in [-0.15, -0.1) is 0 Å². The minimum absolute atomic E-state index is 0. The van der Waals surface area contributed by atoms with Crippen LogP contribution in [0.3, 0.4) is 0 Å². The monoisotopic (exact) mass is 284 g/mol. The van der Waals surface area contributed by atoms with E-state index < -0.39 is 5.97 Å². The van der Waals surface area contributed by atoms with Crippen LogP contribution >= 0.6 is 12.6 Å². The number of rotatable bonds is 10. The largest absolute Gasteiger partial charge is 1.00 e. The summed E-state index contributed by atoms with van der Waals surface area (Å²) in [5.41, 5.74) is 0. The Morgan fingerprint density at radius 1 is 1.00 bits per heavy atom. The molecule has 104 valence electrons. The Morgan fingerprint density at radius 2 is 1.33 bits per heavy atom. The summed E-state index contributed by atoms with van der Waals surface area (Å²) in [5.74, 6) is -0.965. The van der Waals surface area contributed by atoms with Gasteiger partial charge in [-0.25, -0.2) is 0 Å². The first-order valence-corrected chi connectivity index (χ1v) is 7.44. The Kier molecular flexibility index (Phi) is 30.5. The van der Waals surface area contributed by atoms with E-state index in [1.807, 2.05) is 0 Å². The molecule has 0 aliphatic carbocycles. The Morgan fingerprint density at radius 3 is 1.61 bits per heavy atom. The molecule has 0 rings (SSSR count). The van der Waals surface area contributed by atoms with E-state index in [-0.39, 0.29) is 35.3 Å². The number of carboxylic acid groups (broad SMARTS) is 1. The van der Waals surface area contributed by atoms with Crippen LogP contribution in [0.4, 0.5) is 0 Å². The molecule has 0 amide bonds. The molecule has 0 fully saturated rings. The number of hydrogen-bond acceptors (Lipinski definition) is 2. The van der Waals surface area contributed by atoms with Crippen LogP contribution in [0.5, 0.6) is 0 Å². The third-order valence-corrected chi connectivity index (χ3v) is 2.76. The van der Waals surface area contributed by atoms with Gasteiger partial charge in [0.2, 0.25) is 0 Å². The summed E-state index contributed by atoms with van der Waals surface area (Å²) in [7, 11) is 0. The van der Waals surface area contributed by atoms with E-state index >= 15 is 0 Å². The van der Waals surface area contributed by atoms with Gasteiger partial charge in [0.05, 0.1) is 5.75 Å². The second kappa shape index (κ2) is 23.0. The van der Waals surface area contributed by atoms with Gasteiger partial charge >= 0.3 is 35.5 Å². The molecule has 0 aromatic rings. The van der Waals surface area contributed by atoms with Crippen LogP contribution in [0.15, 0.2) is 0 Å². The molecule has 0 aliphatic rings. The minimum atomic E-state index is -0.881. The Bertz CT molecular complexity index is 145. The van der Waals surface area contributed by atoms with Gasteiger partial charge < -0.3 is 12.0 Å². The van der Waals surface area contributed by atoms with Gasteiger partial charge in [-0.1, -0.05) is 64.7 Å². The number of unbranched alkanes of at least 4 members (excludes halogenated alkanes) is 9. The predicted molar refractivity (Wildman–Crippen MR) is 78.7 cm³/mol. The van der Waals surface area contributed by atoms with Gasteiger partial charge in [-0.2, -0.15) is 19.0 Å². The van der Waals surface area contributed by atoms with Gasteiger partial charge in [0.15, 0.2) is 0 Å². The first-order chi connectivity index (χ1) is 8.18. The number of aliphatic carboxylic acids is 1. The van der Waals surface area contributed by atoms with Crippen molar-refractivity contribution in [3.8, 4) is 0 Å². The van der Waals surface area contributed by atoms with Gasteiger partial charge in [0.25, 0.3) is 0 Å². The van der Waals surface area contributed by atoms with Crippen molar-refractivity contribution in [3.05, 3.63) is 6.92 Å². The van der Waals surface area contributed by atoms with Gasteiger partial charge in [-0.3, -0.25) is 4.79 Å². The second-order valence-corrected chi connectivity index (χ2v) is 4.55. The number of hydrogen-bond donors (Lipinski definition) is 2. The molecule has 0 radical (unpaired) electrons. The van der Waals surface area contributed by atoms with E-state index in [1.54, 1.807) is 0 Å². The maximum atomic E-state index is 9.29. The van der Waals surface area contributed by atoms with E-state index in [2.05, 4.69) is 26.5 Å². The Hall–Kier alpha value is 0.820. The van der Waals surface area contributed by atoms with E-state index in [0.29, 0.717) is 0 Å². The van der Waals surface area contributed by atoms with E-state index in [9.17, 15) is 4.79 Å². The Labute approximate surface area is 141 Å². The minimum Gasteiger partial charge on any atom is -0.481 e. The van der Waals surface area contributed by atoms with Crippen LogP contribution in [-0.2, 0) is 4.79 Å². The molecular weight excluding hydrogens is 255 g/mol. The van der Waals surface area contributed by atoms with Crippen molar-refractivity contribution in [2.75, 3.05) is 5.75 Å². The van der Waals surface area contributed by atoms with Crippen LogP contribution in [0.25, 0.3) is 0 Å². The summed E-state index contributed by atoms with van der Waals surface area (Å²) in [4.78, 5) is 9.29. The molecule has 0 aromatic carbocycles. The number of carboxylic acids is 1. The van der Waals surface area contributed by atoms with Crippen molar-refractivity contribution in [1.82, 2.24) is 0 Å². The average molecular weight is 284 g/mol. The van der Waals surface area contributed by atoms with Gasteiger partial charge in [-0.05, 0) is 0 Å². The van der Waals surface area contributed by atoms with Crippen molar-refractivity contribution >= 4 is 18.6 Å². The molecule has 0 unspecified atom stereocenters. The Balaban J connectivity index is -0.000000321. The molecule has 18 heavy (non-hydrogen) atoms. The van der Waals surface area contributed by atoms with E-state index in [0.717, 1.165) is 6.42 Å². The molecule has 1 N–H and O–H groups in total. The maximum absolute atomic E-state index is 9.29. The maximum Gasteiger partial charge on any atom is 1.00 e. The molecule has 0 spiro atoms. The second-order valence-electron chi connectivity index (χ2n) is 4.23. The van der Waals surface area contributed by atoms with Crippen LogP contribution in [0.2, 0.25) is 0 Å². The molecule has 0 bridgehead atoms. The van der Waals surface area contributed by atoms with Crippen molar-refractivity contribution in [1.29, 1.82) is 0 Å². The first-order valence-electron chi connectivity index (χ1n) is 6.80. The summed E-state index contributed by atoms with van der Waals surface area (Å²) in [5, 5.41) is 7.65. The van der Waals surface area contributed by atoms with Crippen LogP contribution in [0.1, 0.15) is 71.1 Å². The van der Waals surface area contributed by atoms with Crippen LogP contribution in [-0.4, -0.2) is 16.8 Å². The molecule has 0 aromatic heterocycles. The third kappa shape index (κ3) is 30.1. The molecule has 0 heterocycles. The quantitative estimate of drug-likeness (QED) is 0.277. The number of thiol groups is 1. The fraction of sp³-hybridized carbons (Fsp3) is 0.857. The molecule has 2 nitrogen and oxygen atoms in total. The zero-order chi connectivity index (χ0) is 13.4. The van der Waals surface area contributed by atoms with Crippen LogP contribution < -0.4 is 29.6 Å². The molecule has 0 aliphatic heterocycles. The summed E-state index contributed by atoms with van der Waals surface area (Å²) in [6.45, 7) is 6.12. The molecule has 0 saturated carbocycles. The average Bonchev–Trinajstić information content (AvgIpc) is 2.33. The zero-order valence-corrected chi connectivity index (χ0v) is 15.2. The van der Waals surface area contributed by atoms with Crippen LogP contribution in [0, 0.1) is 6.92 Å². The fourth-order valence-corrected chi connectivity index (χ4v) is 1.49. The smallest absolute Gasteiger partial charge is 0.481 e. The third-order valence-electron chi connectivity index (χ3n) is 2.49. The summed E-state index contributed by atoms with van der Waals surface area (Å²) < 4.78 is 0. The summed E-state index contributed by atoms with van der Waals surface area (Å²) in [6, 6.07) is 0. The van der Waals surface area contributed by atoms with Crippen molar-refractivity contribution < 1.29 is 39.5 Å². The normalized spacial score (nSPS) is 9.06. The fourth-order valence-electron chi connectivity index (χ4n) is 1.49. The van der Waals surface area contributed by atoms with E-state index in [4.69, 9.17) is 5.11 Å². The predicted octanol–water partition coefficient (Wildman–Crippen LogP) is 1.75. The topological polar surface area (TPSA) is 37.3 Å². The molecule has 4 heteroatoms. The standard InChI is InChI=1S/C12H25.C2H4O2S.Na/c1-3-5-7-9-11-12-10-8-6-4-2;3-2(4)1-5;/h1,3-12H2,2H3;5H,1H2,(H,3,4);/q-1;;+1. The molecular formula is C14H29NaO2S. The summed E-state index contributed by atoms with van der Waals surface area (Å²) >= 11 is 3.42. The van der Waals surface area contributed by atoms with Crippen molar-refractivity contribution in [3.63, 3.8) is 0 Å². The van der Waals surface area contributed by atoms with E-state index in [1.165, 1.54) is 57.8 Å². The molecule has 0 atom stereocenters. The van der Waals surface area contributed by atoms with Gasteiger partial charge in [0, 0.05) is 0 Å². The number of carbonyl (C=O) groups is 1. The van der Waals surface area contributed by atoms with Crippen molar-refractivity contribution in [2.45, 2.75) is 71.1 Å². The summed E-state index contributed by atoms with van der Waals surface area (Å²) in [6.07, 6.45) is 13.9.